The Hall–Kier alpha value is -1.63. The van der Waals surface area contributed by atoms with E-state index in [0.717, 1.165) is 4.88 Å². The lowest BCUT2D eigenvalue weighted by atomic mass is 9.81. The summed E-state index contributed by atoms with van der Waals surface area (Å²) in [6.45, 7) is 8.76. The predicted octanol–water partition coefficient (Wildman–Crippen LogP) is 1.78. The fraction of sp³-hybridized carbons (Fsp3) is 0.615. The maximum Gasteiger partial charge on any atom is 0.323 e. The van der Waals surface area contributed by atoms with Crippen LogP contribution in [0.25, 0.3) is 0 Å². The molecule has 1 fully saturated rings. The summed E-state index contributed by atoms with van der Waals surface area (Å²) in [6, 6.07) is -0.237. The zero-order valence-electron chi connectivity index (χ0n) is 12.2. The maximum atomic E-state index is 12.0. The van der Waals surface area contributed by atoms with Crippen LogP contribution in [-0.4, -0.2) is 34.9 Å². The van der Waals surface area contributed by atoms with Crippen LogP contribution in [0.1, 0.15) is 32.6 Å². The molecule has 110 valence electrons. The van der Waals surface area contributed by atoms with Gasteiger partial charge in [-0.1, -0.05) is 20.8 Å². The molecule has 0 spiro atoms. The molecule has 2 rings (SSSR count). The van der Waals surface area contributed by atoms with E-state index in [1.807, 2.05) is 0 Å². The van der Waals surface area contributed by atoms with E-state index in [-0.39, 0.29) is 17.4 Å². The number of nitrogens with zero attached hydrogens (tertiary/aromatic N) is 2. The minimum atomic E-state index is -0.600. The number of carbonyl (C=O) groups is 2. The standard InChI is InChI=1S/C13H20N4O2S/c1-12(2,3)8-5-15-10(20-8)16-11(19)17-6-13(4,7-17)9(14)18/h5H,6-7H2,1-4H3,(H2,14,18)(H,15,16,19). The molecule has 0 atom stereocenters. The Morgan fingerprint density at radius 2 is 2.05 bits per heavy atom. The first-order valence-electron chi connectivity index (χ1n) is 6.44. The van der Waals surface area contributed by atoms with E-state index in [4.69, 9.17) is 5.73 Å². The average Bonchev–Trinajstić information content (AvgIpc) is 2.72. The van der Waals surface area contributed by atoms with Gasteiger partial charge in [0.2, 0.25) is 5.91 Å². The zero-order chi connectivity index (χ0) is 15.1. The van der Waals surface area contributed by atoms with Crippen molar-refractivity contribution in [3.05, 3.63) is 11.1 Å². The second-order valence-corrected chi connectivity index (χ2v) is 7.52. The molecule has 1 saturated heterocycles. The van der Waals surface area contributed by atoms with E-state index in [2.05, 4.69) is 31.1 Å². The van der Waals surface area contributed by atoms with Crippen LogP contribution in [0, 0.1) is 5.41 Å². The van der Waals surface area contributed by atoms with E-state index in [0.29, 0.717) is 18.2 Å². The normalized spacial score (nSPS) is 17.5. The molecular formula is C13H20N4O2S. The topological polar surface area (TPSA) is 88.3 Å². The van der Waals surface area contributed by atoms with Gasteiger partial charge in [-0.3, -0.25) is 10.1 Å². The van der Waals surface area contributed by atoms with Gasteiger partial charge in [0, 0.05) is 24.2 Å². The molecule has 1 aromatic rings. The Morgan fingerprint density at radius 1 is 1.45 bits per heavy atom. The smallest absolute Gasteiger partial charge is 0.323 e. The van der Waals surface area contributed by atoms with Gasteiger partial charge in [0.05, 0.1) is 5.41 Å². The molecule has 0 bridgehead atoms. The highest BCUT2D eigenvalue weighted by Crippen LogP contribution is 2.32. The van der Waals surface area contributed by atoms with E-state index in [9.17, 15) is 9.59 Å². The number of nitrogens with one attached hydrogen (secondary N) is 1. The lowest BCUT2D eigenvalue weighted by Gasteiger charge is -2.45. The highest BCUT2D eigenvalue weighted by atomic mass is 32.1. The van der Waals surface area contributed by atoms with Crippen LogP contribution < -0.4 is 11.1 Å². The molecule has 1 aliphatic heterocycles. The van der Waals surface area contributed by atoms with E-state index < -0.39 is 5.41 Å². The van der Waals surface area contributed by atoms with Crippen molar-refractivity contribution in [1.29, 1.82) is 0 Å². The number of amides is 3. The molecule has 7 heteroatoms. The van der Waals surface area contributed by atoms with Crippen LogP contribution in [-0.2, 0) is 10.2 Å². The van der Waals surface area contributed by atoms with Gasteiger partial charge in [0.1, 0.15) is 0 Å². The van der Waals surface area contributed by atoms with Crippen molar-refractivity contribution in [2.45, 2.75) is 33.1 Å². The van der Waals surface area contributed by atoms with Crippen molar-refractivity contribution in [2.24, 2.45) is 11.1 Å². The second kappa shape index (κ2) is 4.73. The number of rotatable bonds is 2. The van der Waals surface area contributed by atoms with Gasteiger partial charge in [0.25, 0.3) is 0 Å². The van der Waals surface area contributed by atoms with Gasteiger partial charge in [0.15, 0.2) is 5.13 Å². The molecule has 1 aromatic heterocycles. The highest BCUT2D eigenvalue weighted by Gasteiger charge is 2.46. The summed E-state index contributed by atoms with van der Waals surface area (Å²) in [7, 11) is 0. The van der Waals surface area contributed by atoms with Crippen molar-refractivity contribution in [2.75, 3.05) is 18.4 Å². The fourth-order valence-electron chi connectivity index (χ4n) is 1.94. The number of thiazole rings is 1. The SMILES string of the molecule is CC1(C(N)=O)CN(C(=O)Nc2ncc(C(C)(C)C)s2)C1. The molecule has 0 aliphatic carbocycles. The summed E-state index contributed by atoms with van der Waals surface area (Å²) in [5, 5.41) is 3.33. The van der Waals surface area contributed by atoms with Crippen LogP contribution in [0.3, 0.4) is 0 Å². The lowest BCUT2D eigenvalue weighted by molar-refractivity contribution is -0.133. The number of likely N-dealkylation sites (tertiary alicyclic amines) is 1. The van der Waals surface area contributed by atoms with Crippen molar-refractivity contribution in [1.82, 2.24) is 9.88 Å². The van der Waals surface area contributed by atoms with E-state index >= 15 is 0 Å². The summed E-state index contributed by atoms with van der Waals surface area (Å²) in [4.78, 5) is 30.1. The Kier molecular flexibility index (Phi) is 3.49. The Labute approximate surface area is 122 Å². The molecule has 6 nitrogen and oxygen atoms in total. The third-order valence-corrected chi connectivity index (χ3v) is 4.76. The van der Waals surface area contributed by atoms with Crippen molar-refractivity contribution >= 4 is 28.4 Å². The molecule has 0 aromatic carbocycles. The van der Waals surface area contributed by atoms with Crippen LogP contribution in [0.15, 0.2) is 6.20 Å². The van der Waals surface area contributed by atoms with Crippen LogP contribution in [0.2, 0.25) is 0 Å². The number of anilines is 1. The van der Waals surface area contributed by atoms with E-state index in [1.165, 1.54) is 11.3 Å². The average molecular weight is 296 g/mol. The fourth-order valence-corrected chi connectivity index (χ4v) is 2.81. The Bertz CT molecular complexity index is 541. The number of carbonyl (C=O) groups excluding carboxylic acids is 2. The summed E-state index contributed by atoms with van der Waals surface area (Å²) >= 11 is 1.46. The number of urea groups is 1. The number of hydrogen-bond donors (Lipinski definition) is 2. The first-order chi connectivity index (χ1) is 9.12. The summed E-state index contributed by atoms with van der Waals surface area (Å²) in [5.41, 5.74) is 4.71. The molecule has 3 N–H and O–H groups in total. The molecule has 20 heavy (non-hydrogen) atoms. The van der Waals surface area contributed by atoms with Crippen LogP contribution in [0.5, 0.6) is 0 Å². The number of primary amides is 1. The van der Waals surface area contributed by atoms with Crippen molar-refractivity contribution < 1.29 is 9.59 Å². The van der Waals surface area contributed by atoms with Gasteiger partial charge < -0.3 is 10.6 Å². The molecule has 0 unspecified atom stereocenters. The molecule has 0 saturated carbocycles. The molecule has 2 heterocycles. The summed E-state index contributed by atoms with van der Waals surface area (Å²) in [5.74, 6) is -0.370. The minimum Gasteiger partial charge on any atom is -0.369 e. The first kappa shape index (κ1) is 14.8. The zero-order valence-corrected chi connectivity index (χ0v) is 13.0. The van der Waals surface area contributed by atoms with Gasteiger partial charge in [-0.2, -0.15) is 0 Å². The summed E-state index contributed by atoms with van der Waals surface area (Å²) < 4.78 is 0. The molecule has 0 radical (unpaired) electrons. The van der Waals surface area contributed by atoms with Gasteiger partial charge in [-0.15, -0.1) is 11.3 Å². The second-order valence-electron chi connectivity index (χ2n) is 6.49. The third-order valence-electron chi connectivity index (χ3n) is 3.42. The van der Waals surface area contributed by atoms with Crippen molar-refractivity contribution in [3.8, 4) is 0 Å². The van der Waals surface area contributed by atoms with Gasteiger partial charge in [-0.25, -0.2) is 9.78 Å². The Balaban J connectivity index is 1.94. The molecule has 1 aliphatic rings. The molecular weight excluding hydrogens is 276 g/mol. The first-order valence-corrected chi connectivity index (χ1v) is 7.26. The number of nitrogens with two attached hydrogens (primary N) is 1. The van der Waals surface area contributed by atoms with Crippen LogP contribution >= 0.6 is 11.3 Å². The quantitative estimate of drug-likeness (QED) is 0.872. The Morgan fingerprint density at radius 3 is 2.50 bits per heavy atom. The summed E-state index contributed by atoms with van der Waals surface area (Å²) in [6.07, 6.45) is 1.78. The third kappa shape index (κ3) is 2.77. The number of hydrogen-bond acceptors (Lipinski definition) is 4. The van der Waals surface area contributed by atoms with E-state index in [1.54, 1.807) is 18.0 Å². The maximum absolute atomic E-state index is 12.0. The van der Waals surface area contributed by atoms with Gasteiger partial charge >= 0.3 is 6.03 Å². The molecule has 3 amide bonds. The minimum absolute atomic E-state index is 0.0158. The number of aromatic nitrogens is 1. The highest BCUT2D eigenvalue weighted by molar-refractivity contribution is 7.15. The van der Waals surface area contributed by atoms with Crippen LogP contribution in [0.4, 0.5) is 9.93 Å². The predicted molar refractivity (Wildman–Crippen MR) is 78.7 cm³/mol. The largest absolute Gasteiger partial charge is 0.369 e. The lowest BCUT2D eigenvalue weighted by Crippen LogP contribution is -2.63. The monoisotopic (exact) mass is 296 g/mol. The van der Waals surface area contributed by atoms with Gasteiger partial charge in [-0.05, 0) is 12.3 Å². The van der Waals surface area contributed by atoms with Crippen molar-refractivity contribution in [3.63, 3.8) is 0 Å².